The maximum atomic E-state index is 11.1. The van der Waals surface area contributed by atoms with Crippen molar-refractivity contribution >= 4 is 17.4 Å². The maximum absolute atomic E-state index is 11.1. The van der Waals surface area contributed by atoms with Crippen LogP contribution in [-0.2, 0) is 0 Å². The lowest BCUT2D eigenvalue weighted by atomic mass is 10.1. The third-order valence-corrected chi connectivity index (χ3v) is 2.68. The molecule has 0 saturated heterocycles. The summed E-state index contributed by atoms with van der Waals surface area (Å²) < 4.78 is 10.5. The Morgan fingerprint density at radius 2 is 2.06 bits per heavy atom. The minimum Gasteiger partial charge on any atom is -0.495 e. The second-order valence-corrected chi connectivity index (χ2v) is 3.98. The molecule has 1 aromatic carbocycles. The predicted octanol–water partition coefficient (Wildman–Crippen LogP) is 3.81. The topological polar surface area (TPSA) is 39.4 Å². The lowest BCUT2D eigenvalue weighted by molar-refractivity contribution is 0.0988. The molecule has 17 heavy (non-hydrogen) atoms. The van der Waals surface area contributed by atoms with Crippen molar-refractivity contribution in [3.63, 3.8) is 0 Å². The SMILES string of the molecule is COc1ccc(-c2ccc(C(C)=O)o2)cc1Cl. The summed E-state index contributed by atoms with van der Waals surface area (Å²) in [6.07, 6.45) is 0. The third kappa shape index (κ3) is 2.34. The molecule has 0 amide bonds. The molecule has 0 bridgehead atoms. The summed E-state index contributed by atoms with van der Waals surface area (Å²) in [6, 6.07) is 8.72. The highest BCUT2D eigenvalue weighted by atomic mass is 35.5. The summed E-state index contributed by atoms with van der Waals surface area (Å²) in [6.45, 7) is 1.46. The molecule has 0 aliphatic carbocycles. The number of rotatable bonds is 3. The smallest absolute Gasteiger partial charge is 0.194 e. The Bertz CT molecular complexity index is 558. The lowest BCUT2D eigenvalue weighted by Gasteiger charge is -2.04. The van der Waals surface area contributed by atoms with Gasteiger partial charge in [-0.15, -0.1) is 0 Å². The van der Waals surface area contributed by atoms with Crippen molar-refractivity contribution < 1.29 is 13.9 Å². The van der Waals surface area contributed by atoms with Crippen molar-refractivity contribution in [2.45, 2.75) is 6.92 Å². The molecule has 0 fully saturated rings. The first-order valence-electron chi connectivity index (χ1n) is 5.06. The second-order valence-electron chi connectivity index (χ2n) is 3.57. The van der Waals surface area contributed by atoms with Gasteiger partial charge in [-0.05, 0) is 30.3 Å². The summed E-state index contributed by atoms with van der Waals surface area (Å²) in [5.41, 5.74) is 0.809. The number of Topliss-reactive ketones (excluding diaryl/α,β-unsaturated/α-hetero) is 1. The van der Waals surface area contributed by atoms with Gasteiger partial charge in [-0.1, -0.05) is 11.6 Å². The van der Waals surface area contributed by atoms with Gasteiger partial charge in [0, 0.05) is 12.5 Å². The Kier molecular flexibility index (Phi) is 3.20. The van der Waals surface area contributed by atoms with Crippen molar-refractivity contribution in [1.82, 2.24) is 0 Å². The van der Waals surface area contributed by atoms with Crippen LogP contribution >= 0.6 is 11.6 Å². The van der Waals surface area contributed by atoms with Crippen LogP contribution in [0, 0.1) is 0 Å². The quantitative estimate of drug-likeness (QED) is 0.778. The number of furan rings is 1. The average Bonchev–Trinajstić information content (AvgIpc) is 2.78. The fourth-order valence-electron chi connectivity index (χ4n) is 1.50. The van der Waals surface area contributed by atoms with E-state index in [1.165, 1.54) is 6.92 Å². The highest BCUT2D eigenvalue weighted by Crippen LogP contribution is 2.31. The summed E-state index contributed by atoms with van der Waals surface area (Å²) in [4.78, 5) is 11.1. The van der Waals surface area contributed by atoms with Crippen molar-refractivity contribution in [1.29, 1.82) is 0 Å². The van der Waals surface area contributed by atoms with Crippen LogP contribution < -0.4 is 4.74 Å². The van der Waals surface area contributed by atoms with Crippen LogP contribution in [0.5, 0.6) is 5.75 Å². The van der Waals surface area contributed by atoms with Crippen LogP contribution in [-0.4, -0.2) is 12.9 Å². The molecule has 0 unspecified atom stereocenters. The third-order valence-electron chi connectivity index (χ3n) is 2.39. The van der Waals surface area contributed by atoms with Crippen LogP contribution in [0.2, 0.25) is 5.02 Å². The second kappa shape index (κ2) is 4.63. The van der Waals surface area contributed by atoms with Gasteiger partial charge in [0.05, 0.1) is 12.1 Å². The van der Waals surface area contributed by atoms with Crippen molar-refractivity contribution in [3.05, 3.63) is 41.1 Å². The van der Waals surface area contributed by atoms with Crippen molar-refractivity contribution in [2.24, 2.45) is 0 Å². The zero-order valence-corrected chi connectivity index (χ0v) is 10.2. The van der Waals surface area contributed by atoms with E-state index >= 15 is 0 Å². The number of halogens is 1. The van der Waals surface area contributed by atoms with E-state index in [4.69, 9.17) is 20.8 Å². The van der Waals surface area contributed by atoms with E-state index in [0.717, 1.165) is 5.56 Å². The number of methoxy groups -OCH3 is 1. The molecule has 88 valence electrons. The molecule has 3 nitrogen and oxygen atoms in total. The highest BCUT2D eigenvalue weighted by Gasteiger charge is 2.09. The Balaban J connectivity index is 2.39. The number of carbonyl (C=O) groups is 1. The molecule has 1 heterocycles. The van der Waals surface area contributed by atoms with E-state index in [-0.39, 0.29) is 5.78 Å². The van der Waals surface area contributed by atoms with Gasteiger partial charge in [0.15, 0.2) is 11.5 Å². The summed E-state index contributed by atoms with van der Waals surface area (Å²) in [5.74, 6) is 1.45. The molecular weight excluding hydrogens is 240 g/mol. The van der Waals surface area contributed by atoms with Gasteiger partial charge in [-0.25, -0.2) is 0 Å². The zero-order valence-electron chi connectivity index (χ0n) is 9.49. The fraction of sp³-hybridized carbons (Fsp3) is 0.154. The van der Waals surface area contributed by atoms with Gasteiger partial charge in [-0.3, -0.25) is 4.79 Å². The van der Waals surface area contributed by atoms with E-state index in [9.17, 15) is 4.79 Å². The molecule has 4 heteroatoms. The first-order valence-corrected chi connectivity index (χ1v) is 5.44. The Labute approximate surface area is 104 Å². The summed E-state index contributed by atoms with van der Waals surface area (Å²) in [7, 11) is 1.56. The first kappa shape index (κ1) is 11.7. The summed E-state index contributed by atoms with van der Waals surface area (Å²) in [5, 5.41) is 0.505. The monoisotopic (exact) mass is 250 g/mol. The van der Waals surface area contributed by atoms with Gasteiger partial charge in [0.2, 0.25) is 0 Å². The Hall–Kier alpha value is -1.74. The van der Waals surface area contributed by atoms with Crippen molar-refractivity contribution in [2.75, 3.05) is 7.11 Å². The summed E-state index contributed by atoms with van der Waals surface area (Å²) >= 11 is 6.02. The normalized spacial score (nSPS) is 10.3. The molecule has 0 spiro atoms. The van der Waals surface area contributed by atoms with Crippen LogP contribution in [0.25, 0.3) is 11.3 Å². The molecule has 1 aromatic heterocycles. The van der Waals surface area contributed by atoms with Crippen LogP contribution in [0.3, 0.4) is 0 Å². The highest BCUT2D eigenvalue weighted by molar-refractivity contribution is 6.32. The fourth-order valence-corrected chi connectivity index (χ4v) is 1.76. The minimum atomic E-state index is -0.101. The van der Waals surface area contributed by atoms with Gasteiger partial charge in [-0.2, -0.15) is 0 Å². The van der Waals surface area contributed by atoms with Crippen LogP contribution in [0.1, 0.15) is 17.5 Å². The maximum Gasteiger partial charge on any atom is 0.194 e. The largest absolute Gasteiger partial charge is 0.495 e. The molecule has 0 saturated carbocycles. The number of hydrogen-bond acceptors (Lipinski definition) is 3. The van der Waals surface area contributed by atoms with Gasteiger partial charge in [0.1, 0.15) is 11.5 Å². The predicted molar refractivity (Wildman–Crippen MR) is 65.7 cm³/mol. The number of benzene rings is 1. The van der Waals surface area contributed by atoms with E-state index in [1.54, 1.807) is 31.4 Å². The van der Waals surface area contributed by atoms with Gasteiger partial charge < -0.3 is 9.15 Å². The number of ether oxygens (including phenoxy) is 1. The first-order chi connectivity index (χ1) is 8.11. The molecule has 0 N–H and O–H groups in total. The Morgan fingerprint density at radius 3 is 2.59 bits per heavy atom. The van der Waals surface area contributed by atoms with Crippen LogP contribution in [0.4, 0.5) is 0 Å². The van der Waals surface area contributed by atoms with E-state index in [1.807, 2.05) is 6.07 Å². The molecule has 0 radical (unpaired) electrons. The lowest BCUT2D eigenvalue weighted by Crippen LogP contribution is -1.86. The molecular formula is C13H11ClO3. The number of carbonyl (C=O) groups excluding carboxylic acids is 1. The van der Waals surface area contributed by atoms with E-state index < -0.39 is 0 Å². The standard InChI is InChI=1S/C13H11ClO3/c1-8(15)11-5-6-12(17-11)9-3-4-13(16-2)10(14)7-9/h3-7H,1-2H3. The molecule has 2 aromatic rings. The minimum absolute atomic E-state index is 0.101. The van der Waals surface area contributed by atoms with E-state index in [2.05, 4.69) is 0 Å². The molecule has 0 aliphatic rings. The average molecular weight is 251 g/mol. The van der Waals surface area contributed by atoms with Crippen molar-refractivity contribution in [3.8, 4) is 17.1 Å². The zero-order chi connectivity index (χ0) is 12.4. The van der Waals surface area contributed by atoms with Crippen LogP contribution in [0.15, 0.2) is 34.7 Å². The van der Waals surface area contributed by atoms with Gasteiger partial charge >= 0.3 is 0 Å². The number of ketones is 1. The molecule has 2 rings (SSSR count). The van der Waals surface area contributed by atoms with Gasteiger partial charge in [0.25, 0.3) is 0 Å². The molecule has 0 aliphatic heterocycles. The number of hydrogen-bond donors (Lipinski definition) is 0. The van der Waals surface area contributed by atoms with E-state index in [0.29, 0.717) is 22.3 Å². The Morgan fingerprint density at radius 1 is 1.29 bits per heavy atom. The molecule has 0 atom stereocenters.